The number of fused-ring (bicyclic) bond motifs is 1. The number of aromatic amines is 1. The lowest BCUT2D eigenvalue weighted by atomic mass is 9.86. The van der Waals surface area contributed by atoms with E-state index in [0.29, 0.717) is 16.1 Å². The fourth-order valence-corrected chi connectivity index (χ4v) is 2.77. The molecule has 1 aliphatic carbocycles. The molecular weight excluding hydrogens is 204 g/mol. The highest BCUT2D eigenvalue weighted by Crippen LogP contribution is 2.44. The summed E-state index contributed by atoms with van der Waals surface area (Å²) in [6, 6.07) is 4.10. The lowest BCUT2D eigenvalue weighted by molar-refractivity contribution is 0.488. The number of nitriles is 1. The Morgan fingerprint density at radius 3 is 2.87 bits per heavy atom. The summed E-state index contributed by atoms with van der Waals surface area (Å²) in [5.41, 5.74) is 3.20. The zero-order valence-electron chi connectivity index (χ0n) is 9.22. The molecule has 1 aliphatic rings. The predicted octanol–water partition coefficient (Wildman–Crippen LogP) is 3.40. The van der Waals surface area contributed by atoms with Crippen molar-refractivity contribution in [2.75, 3.05) is 0 Å². The van der Waals surface area contributed by atoms with E-state index in [-0.39, 0.29) is 5.41 Å². The molecule has 0 aromatic carbocycles. The largest absolute Gasteiger partial charge is 0.348 e. The molecule has 1 aromatic rings. The first kappa shape index (κ1) is 10.4. The summed E-state index contributed by atoms with van der Waals surface area (Å²) < 4.78 is 0.570. The molecule has 0 aliphatic heterocycles. The van der Waals surface area contributed by atoms with Gasteiger partial charge in [0, 0.05) is 5.69 Å². The van der Waals surface area contributed by atoms with Gasteiger partial charge in [0.15, 0.2) is 0 Å². The van der Waals surface area contributed by atoms with Crippen LogP contribution in [-0.2, 0) is 5.41 Å². The van der Waals surface area contributed by atoms with Gasteiger partial charge in [0.1, 0.15) is 10.7 Å². The minimum Gasteiger partial charge on any atom is -0.348 e. The van der Waals surface area contributed by atoms with Crippen LogP contribution in [-0.4, -0.2) is 4.98 Å². The zero-order chi connectivity index (χ0) is 11.2. The highest BCUT2D eigenvalue weighted by Gasteiger charge is 2.35. The van der Waals surface area contributed by atoms with E-state index in [1.165, 1.54) is 11.3 Å². The van der Waals surface area contributed by atoms with E-state index in [1.54, 1.807) is 0 Å². The van der Waals surface area contributed by atoms with Crippen LogP contribution in [0, 0.1) is 16.0 Å². The van der Waals surface area contributed by atoms with Crippen LogP contribution in [0.5, 0.6) is 0 Å². The number of nitrogens with zero attached hydrogens (tertiary/aromatic N) is 1. The highest BCUT2D eigenvalue weighted by molar-refractivity contribution is 7.71. The van der Waals surface area contributed by atoms with Crippen molar-refractivity contribution in [3.05, 3.63) is 27.5 Å². The van der Waals surface area contributed by atoms with Crippen LogP contribution in [0.2, 0.25) is 0 Å². The second-order valence-corrected chi connectivity index (χ2v) is 5.35. The molecule has 0 spiro atoms. The molecule has 1 unspecified atom stereocenters. The van der Waals surface area contributed by atoms with E-state index in [1.807, 2.05) is 6.07 Å². The smallest absolute Gasteiger partial charge is 0.121 e. The van der Waals surface area contributed by atoms with E-state index >= 15 is 0 Å². The Morgan fingerprint density at radius 1 is 1.60 bits per heavy atom. The van der Waals surface area contributed by atoms with Crippen LogP contribution < -0.4 is 0 Å². The molecule has 2 rings (SSSR count). The molecule has 1 N–H and O–H groups in total. The summed E-state index contributed by atoms with van der Waals surface area (Å²) >= 11 is 5.14. The molecule has 0 radical (unpaired) electrons. The SMILES string of the molecule is CC1CC(C)(C)c2cc(C#N)c(=S)[nH]c21. The van der Waals surface area contributed by atoms with Crippen LogP contribution >= 0.6 is 12.2 Å². The van der Waals surface area contributed by atoms with Gasteiger partial charge in [0.25, 0.3) is 0 Å². The van der Waals surface area contributed by atoms with Crippen molar-refractivity contribution in [3.63, 3.8) is 0 Å². The molecule has 3 heteroatoms. The summed E-state index contributed by atoms with van der Waals surface area (Å²) in [5.74, 6) is 0.504. The summed E-state index contributed by atoms with van der Waals surface area (Å²) in [5, 5.41) is 8.95. The Labute approximate surface area is 95.0 Å². The minimum atomic E-state index is 0.153. The van der Waals surface area contributed by atoms with Crippen molar-refractivity contribution in [3.8, 4) is 6.07 Å². The van der Waals surface area contributed by atoms with Gasteiger partial charge in [-0.25, -0.2) is 0 Å². The Bertz CT molecular complexity index is 505. The monoisotopic (exact) mass is 218 g/mol. The van der Waals surface area contributed by atoms with Crippen molar-refractivity contribution >= 4 is 12.2 Å². The second kappa shape index (κ2) is 3.18. The first-order valence-electron chi connectivity index (χ1n) is 5.13. The number of aromatic nitrogens is 1. The quantitative estimate of drug-likeness (QED) is 0.678. The summed E-state index contributed by atoms with van der Waals surface area (Å²) in [4.78, 5) is 3.20. The number of hydrogen-bond acceptors (Lipinski definition) is 2. The molecule has 0 bridgehead atoms. The molecule has 0 amide bonds. The number of pyridine rings is 1. The fraction of sp³-hybridized carbons (Fsp3) is 0.500. The van der Waals surface area contributed by atoms with Gasteiger partial charge in [0.2, 0.25) is 0 Å². The molecule has 2 nitrogen and oxygen atoms in total. The summed E-state index contributed by atoms with van der Waals surface area (Å²) in [6.45, 7) is 6.63. The zero-order valence-corrected chi connectivity index (χ0v) is 10.0. The van der Waals surface area contributed by atoms with Gasteiger partial charge in [-0.3, -0.25) is 0 Å². The van der Waals surface area contributed by atoms with E-state index < -0.39 is 0 Å². The molecule has 0 fully saturated rings. The topological polar surface area (TPSA) is 39.6 Å². The lowest BCUT2D eigenvalue weighted by Crippen LogP contribution is -2.12. The maximum absolute atomic E-state index is 8.95. The molecule has 1 atom stereocenters. The van der Waals surface area contributed by atoms with Gasteiger partial charge in [-0.2, -0.15) is 5.26 Å². The van der Waals surface area contributed by atoms with Crippen LogP contribution in [0.15, 0.2) is 6.07 Å². The molecule has 15 heavy (non-hydrogen) atoms. The van der Waals surface area contributed by atoms with Gasteiger partial charge < -0.3 is 4.98 Å². The average molecular weight is 218 g/mol. The molecule has 0 saturated carbocycles. The Hall–Kier alpha value is -1.14. The van der Waals surface area contributed by atoms with Crippen molar-refractivity contribution < 1.29 is 0 Å². The van der Waals surface area contributed by atoms with Crippen molar-refractivity contribution in [2.24, 2.45) is 0 Å². The van der Waals surface area contributed by atoms with E-state index in [4.69, 9.17) is 17.5 Å². The Morgan fingerprint density at radius 2 is 2.27 bits per heavy atom. The predicted molar refractivity (Wildman–Crippen MR) is 62.4 cm³/mol. The van der Waals surface area contributed by atoms with Gasteiger partial charge in [-0.15, -0.1) is 0 Å². The number of H-pyrrole nitrogens is 1. The normalized spacial score (nSPS) is 22.1. The molecule has 1 heterocycles. The van der Waals surface area contributed by atoms with Gasteiger partial charge >= 0.3 is 0 Å². The van der Waals surface area contributed by atoms with Gasteiger partial charge in [0.05, 0.1) is 5.56 Å². The second-order valence-electron chi connectivity index (χ2n) is 4.94. The number of rotatable bonds is 0. The van der Waals surface area contributed by atoms with E-state index in [2.05, 4.69) is 31.8 Å². The van der Waals surface area contributed by atoms with Crippen LogP contribution in [0.4, 0.5) is 0 Å². The maximum Gasteiger partial charge on any atom is 0.121 e. The first-order valence-corrected chi connectivity index (χ1v) is 5.54. The molecular formula is C12H14N2S. The van der Waals surface area contributed by atoms with Crippen LogP contribution in [0.25, 0.3) is 0 Å². The Kier molecular flexibility index (Phi) is 2.20. The van der Waals surface area contributed by atoms with E-state index in [9.17, 15) is 0 Å². The third-order valence-corrected chi connectivity index (χ3v) is 3.55. The highest BCUT2D eigenvalue weighted by atomic mass is 32.1. The molecule has 1 aromatic heterocycles. The van der Waals surface area contributed by atoms with Crippen molar-refractivity contribution in [1.29, 1.82) is 5.26 Å². The number of nitrogens with one attached hydrogen (secondary N) is 1. The van der Waals surface area contributed by atoms with Crippen LogP contribution in [0.3, 0.4) is 0 Å². The maximum atomic E-state index is 8.95. The van der Waals surface area contributed by atoms with Gasteiger partial charge in [-0.05, 0) is 29.4 Å². The van der Waals surface area contributed by atoms with Crippen LogP contribution in [0.1, 0.15) is 49.9 Å². The average Bonchev–Trinajstić information content (AvgIpc) is 2.36. The molecule has 78 valence electrons. The third kappa shape index (κ3) is 1.49. The minimum absolute atomic E-state index is 0.153. The lowest BCUT2D eigenvalue weighted by Gasteiger charge is -2.18. The first-order chi connectivity index (χ1) is 6.95. The number of hydrogen-bond donors (Lipinski definition) is 1. The van der Waals surface area contributed by atoms with Gasteiger partial charge in [-0.1, -0.05) is 33.0 Å². The third-order valence-electron chi connectivity index (χ3n) is 3.23. The summed E-state index contributed by atoms with van der Waals surface area (Å²) in [7, 11) is 0. The van der Waals surface area contributed by atoms with Crippen molar-refractivity contribution in [1.82, 2.24) is 4.98 Å². The van der Waals surface area contributed by atoms with Crippen molar-refractivity contribution in [2.45, 2.75) is 38.5 Å². The molecule has 0 saturated heterocycles. The fourth-order valence-electron chi connectivity index (χ4n) is 2.55. The summed E-state index contributed by atoms with van der Waals surface area (Å²) in [6.07, 6.45) is 1.11. The standard InChI is InChI=1S/C12H14N2S/c1-7-5-12(2,3)9-4-8(6-13)11(15)14-10(7)9/h4,7H,5H2,1-3H3,(H,14,15). The Balaban J connectivity index is 2.73. The van der Waals surface area contributed by atoms with E-state index in [0.717, 1.165) is 6.42 Å².